The van der Waals surface area contributed by atoms with Gasteiger partial charge in [0.25, 0.3) is 0 Å². The minimum atomic E-state index is -0.157. The highest BCUT2D eigenvalue weighted by Crippen LogP contribution is 2.24. The highest BCUT2D eigenvalue weighted by Gasteiger charge is 2.15. The molecule has 0 amide bonds. The van der Waals surface area contributed by atoms with E-state index in [0.29, 0.717) is 5.69 Å². The number of halogens is 1. The van der Waals surface area contributed by atoms with Gasteiger partial charge in [-0.1, -0.05) is 31.5 Å². The Labute approximate surface area is 144 Å². The summed E-state index contributed by atoms with van der Waals surface area (Å²) >= 11 is 0. The molecule has 3 rings (SSSR count). The summed E-state index contributed by atoms with van der Waals surface area (Å²) in [6.45, 7) is 4.11. The lowest BCUT2D eigenvalue weighted by molar-refractivity contribution is 0.623. The summed E-state index contributed by atoms with van der Waals surface area (Å²) in [5.74, 6) is -0.157. The minimum Gasteiger partial charge on any atom is -0.369 e. The van der Waals surface area contributed by atoms with Crippen LogP contribution in [0.1, 0.15) is 43.7 Å². The zero-order chi connectivity index (χ0) is 16.8. The van der Waals surface area contributed by atoms with Crippen molar-refractivity contribution in [2.24, 2.45) is 4.99 Å². The van der Waals surface area contributed by atoms with E-state index in [2.05, 4.69) is 28.9 Å². The fourth-order valence-corrected chi connectivity index (χ4v) is 3.10. The zero-order valence-electron chi connectivity index (χ0n) is 14.3. The molecule has 0 N–H and O–H groups in total. The molecular weight excluding hydrogens is 299 g/mol. The highest BCUT2D eigenvalue weighted by atomic mass is 19.1. The van der Waals surface area contributed by atoms with E-state index in [4.69, 9.17) is 0 Å². The monoisotopic (exact) mass is 324 g/mol. The molecule has 24 heavy (non-hydrogen) atoms. The van der Waals surface area contributed by atoms with Crippen LogP contribution in [0.2, 0.25) is 0 Å². The number of hydrogen-bond donors (Lipinski definition) is 0. The molecule has 0 spiro atoms. The third-order valence-corrected chi connectivity index (χ3v) is 4.54. The predicted octanol–water partition coefficient (Wildman–Crippen LogP) is 5.52. The molecule has 0 saturated carbocycles. The van der Waals surface area contributed by atoms with Crippen LogP contribution in [-0.2, 0) is 6.42 Å². The smallest absolute Gasteiger partial charge is 0.147 e. The largest absolute Gasteiger partial charge is 0.369 e. The molecule has 2 aromatic rings. The molecule has 126 valence electrons. The summed E-state index contributed by atoms with van der Waals surface area (Å²) in [5.41, 5.74) is 3.76. The average molecular weight is 324 g/mol. The summed E-state index contributed by atoms with van der Waals surface area (Å²) in [7, 11) is 0. The van der Waals surface area contributed by atoms with Crippen molar-refractivity contribution in [1.82, 2.24) is 0 Å². The molecule has 0 aliphatic carbocycles. The van der Waals surface area contributed by atoms with Crippen molar-refractivity contribution < 1.29 is 4.39 Å². The second-order valence-corrected chi connectivity index (χ2v) is 6.43. The lowest BCUT2D eigenvalue weighted by Crippen LogP contribution is -2.18. The van der Waals surface area contributed by atoms with E-state index in [1.807, 2.05) is 24.3 Å². The predicted molar refractivity (Wildman–Crippen MR) is 100 cm³/mol. The third-order valence-electron chi connectivity index (χ3n) is 4.54. The second-order valence-electron chi connectivity index (χ2n) is 6.43. The summed E-state index contributed by atoms with van der Waals surface area (Å²) < 4.78 is 14.3. The summed E-state index contributed by atoms with van der Waals surface area (Å²) in [6, 6.07) is 13.7. The average Bonchev–Trinajstić information content (AvgIpc) is 3.13. The first kappa shape index (κ1) is 16.7. The molecule has 1 aliphatic rings. The van der Waals surface area contributed by atoms with Crippen LogP contribution in [0.3, 0.4) is 0 Å². The van der Waals surface area contributed by atoms with Crippen LogP contribution in [-0.4, -0.2) is 19.3 Å². The number of benzene rings is 2. The fourth-order valence-electron chi connectivity index (χ4n) is 3.10. The van der Waals surface area contributed by atoms with Crippen molar-refractivity contribution in [3.8, 4) is 0 Å². The van der Waals surface area contributed by atoms with Gasteiger partial charge in [-0.25, -0.2) is 4.39 Å². The van der Waals surface area contributed by atoms with Crippen LogP contribution in [0, 0.1) is 5.82 Å². The minimum absolute atomic E-state index is 0.157. The van der Waals surface area contributed by atoms with E-state index in [1.54, 1.807) is 12.3 Å². The number of aliphatic imine (C=N–C) groups is 1. The molecule has 2 aromatic carbocycles. The van der Waals surface area contributed by atoms with E-state index in [0.717, 1.165) is 43.6 Å². The third kappa shape index (κ3) is 4.22. The SMILES string of the molecule is CCCCc1ccc(N=Cc2ccc(N3CCCC3)c(F)c2)cc1. The van der Waals surface area contributed by atoms with Crippen molar-refractivity contribution in [3.05, 3.63) is 59.4 Å². The fraction of sp³-hybridized carbons (Fsp3) is 0.381. The van der Waals surface area contributed by atoms with Crippen LogP contribution >= 0.6 is 0 Å². The van der Waals surface area contributed by atoms with Crippen molar-refractivity contribution in [2.75, 3.05) is 18.0 Å². The number of aryl methyl sites for hydroxylation is 1. The molecule has 1 aliphatic heterocycles. The molecule has 1 saturated heterocycles. The van der Waals surface area contributed by atoms with Crippen molar-refractivity contribution in [1.29, 1.82) is 0 Å². The van der Waals surface area contributed by atoms with Crippen LogP contribution in [0.15, 0.2) is 47.5 Å². The number of anilines is 1. The number of rotatable bonds is 6. The summed E-state index contributed by atoms with van der Waals surface area (Å²) in [4.78, 5) is 6.58. The molecule has 2 nitrogen and oxygen atoms in total. The first-order valence-electron chi connectivity index (χ1n) is 8.94. The van der Waals surface area contributed by atoms with Gasteiger partial charge >= 0.3 is 0 Å². The maximum atomic E-state index is 14.3. The Kier molecular flexibility index (Phi) is 5.63. The van der Waals surface area contributed by atoms with E-state index in [1.165, 1.54) is 18.4 Å². The standard InChI is InChI=1S/C21H25FN2/c1-2-3-6-17-7-10-19(11-8-17)23-16-18-9-12-21(20(22)15-18)24-13-4-5-14-24/h7-12,15-16H,2-6,13-14H2,1H3. The Morgan fingerprint density at radius 1 is 1.08 bits per heavy atom. The van der Waals surface area contributed by atoms with E-state index in [9.17, 15) is 4.39 Å². The Morgan fingerprint density at radius 2 is 1.83 bits per heavy atom. The Balaban J connectivity index is 1.66. The van der Waals surface area contributed by atoms with Crippen LogP contribution in [0.25, 0.3) is 0 Å². The first-order chi connectivity index (χ1) is 11.8. The molecule has 0 bridgehead atoms. The number of unbranched alkanes of at least 4 members (excludes halogenated alkanes) is 1. The molecule has 0 aromatic heterocycles. The Bertz CT molecular complexity index is 685. The van der Waals surface area contributed by atoms with Gasteiger partial charge in [-0.2, -0.15) is 0 Å². The molecule has 1 fully saturated rings. The molecule has 0 radical (unpaired) electrons. The maximum Gasteiger partial charge on any atom is 0.147 e. The maximum absolute atomic E-state index is 14.3. The molecular formula is C21H25FN2. The Morgan fingerprint density at radius 3 is 2.50 bits per heavy atom. The van der Waals surface area contributed by atoms with Gasteiger partial charge in [0.1, 0.15) is 5.82 Å². The van der Waals surface area contributed by atoms with E-state index < -0.39 is 0 Å². The molecule has 0 atom stereocenters. The van der Waals surface area contributed by atoms with E-state index >= 15 is 0 Å². The number of hydrogen-bond acceptors (Lipinski definition) is 2. The second kappa shape index (κ2) is 8.09. The normalized spacial score (nSPS) is 14.7. The van der Waals surface area contributed by atoms with Gasteiger partial charge in [0.05, 0.1) is 11.4 Å². The molecule has 0 unspecified atom stereocenters. The van der Waals surface area contributed by atoms with Gasteiger partial charge in [-0.3, -0.25) is 4.99 Å². The van der Waals surface area contributed by atoms with Gasteiger partial charge in [-0.15, -0.1) is 0 Å². The number of nitrogens with zero attached hydrogens (tertiary/aromatic N) is 2. The van der Waals surface area contributed by atoms with Crippen molar-refractivity contribution in [2.45, 2.75) is 39.0 Å². The summed E-state index contributed by atoms with van der Waals surface area (Å²) in [6.07, 6.45) is 7.57. The van der Waals surface area contributed by atoms with Gasteiger partial charge in [0.15, 0.2) is 0 Å². The lowest BCUT2D eigenvalue weighted by Gasteiger charge is -2.18. The van der Waals surface area contributed by atoms with Gasteiger partial charge in [0.2, 0.25) is 0 Å². The van der Waals surface area contributed by atoms with Crippen molar-refractivity contribution in [3.63, 3.8) is 0 Å². The summed E-state index contributed by atoms with van der Waals surface area (Å²) in [5, 5.41) is 0. The molecule has 1 heterocycles. The molecule has 3 heteroatoms. The zero-order valence-corrected chi connectivity index (χ0v) is 14.3. The lowest BCUT2D eigenvalue weighted by atomic mass is 10.1. The topological polar surface area (TPSA) is 15.6 Å². The van der Waals surface area contributed by atoms with Crippen molar-refractivity contribution >= 4 is 17.6 Å². The first-order valence-corrected chi connectivity index (χ1v) is 8.94. The van der Waals surface area contributed by atoms with Crippen LogP contribution in [0.4, 0.5) is 15.8 Å². The Hall–Kier alpha value is -2.16. The van der Waals surface area contributed by atoms with Gasteiger partial charge in [-0.05, 0) is 61.1 Å². The van der Waals surface area contributed by atoms with E-state index in [-0.39, 0.29) is 5.82 Å². The van der Waals surface area contributed by atoms with Crippen LogP contribution < -0.4 is 4.90 Å². The highest BCUT2D eigenvalue weighted by molar-refractivity contribution is 5.82. The van der Waals surface area contributed by atoms with Crippen LogP contribution in [0.5, 0.6) is 0 Å². The quantitative estimate of drug-likeness (QED) is 0.639. The van der Waals surface area contributed by atoms with Gasteiger partial charge < -0.3 is 4.90 Å². The van der Waals surface area contributed by atoms with Gasteiger partial charge in [0, 0.05) is 19.3 Å².